The highest BCUT2D eigenvalue weighted by atomic mass is 35.5. The molecule has 23 heavy (non-hydrogen) atoms. The van der Waals surface area contributed by atoms with Crippen molar-refractivity contribution in [1.29, 1.82) is 0 Å². The monoisotopic (exact) mass is 335 g/mol. The zero-order valence-corrected chi connectivity index (χ0v) is 14.4. The molecule has 1 unspecified atom stereocenters. The first kappa shape index (κ1) is 17.4. The minimum atomic E-state index is 0. The molecule has 124 valence electrons. The van der Waals surface area contributed by atoms with Crippen molar-refractivity contribution in [3.05, 3.63) is 53.1 Å². The topological polar surface area (TPSA) is 44.3 Å². The van der Waals surface area contributed by atoms with Gasteiger partial charge in [-0.25, -0.2) is 0 Å². The van der Waals surface area contributed by atoms with Crippen LogP contribution in [-0.2, 0) is 6.42 Å². The molecule has 1 atom stereocenters. The summed E-state index contributed by atoms with van der Waals surface area (Å²) in [6.45, 7) is 1.06. The highest BCUT2D eigenvalue weighted by Crippen LogP contribution is 2.35. The molecule has 0 amide bonds. The highest BCUT2D eigenvalue weighted by Gasteiger charge is 2.27. The Bertz CT molecular complexity index is 675. The second-order valence-corrected chi connectivity index (χ2v) is 5.43. The van der Waals surface area contributed by atoms with E-state index in [2.05, 4.69) is 29.6 Å². The summed E-state index contributed by atoms with van der Waals surface area (Å²) in [6.07, 6.45) is 1.04. The Kier molecular flexibility index (Phi) is 5.74. The Labute approximate surface area is 143 Å². The number of hydrogen-bond acceptors (Lipinski definition) is 3. The molecule has 3 rings (SSSR count). The van der Waals surface area contributed by atoms with E-state index in [1.807, 2.05) is 12.1 Å². The van der Waals surface area contributed by atoms with Gasteiger partial charge in [0.05, 0.1) is 27.9 Å². The van der Waals surface area contributed by atoms with Gasteiger partial charge in [-0.15, -0.1) is 0 Å². The van der Waals surface area contributed by atoms with Crippen molar-refractivity contribution >= 4 is 0 Å². The number of rotatable bonds is 4. The number of hydrogen-bond donors (Lipinski definition) is 1. The number of benzene rings is 2. The highest BCUT2D eigenvalue weighted by molar-refractivity contribution is 5.50. The van der Waals surface area contributed by atoms with Crippen molar-refractivity contribution in [2.45, 2.75) is 12.5 Å². The van der Waals surface area contributed by atoms with Gasteiger partial charge in [-0.3, -0.25) is 0 Å². The normalized spacial score (nSPS) is 16.0. The van der Waals surface area contributed by atoms with E-state index in [9.17, 15) is 0 Å². The number of methoxy groups -OCH3 is 3. The zero-order valence-electron chi connectivity index (χ0n) is 13.6. The molecule has 0 saturated heterocycles. The van der Waals surface area contributed by atoms with E-state index in [0.29, 0.717) is 0 Å². The average Bonchev–Trinajstić information content (AvgIpc) is 2.59. The molecule has 1 aliphatic rings. The first-order valence-electron chi connectivity index (χ1n) is 7.49. The molecule has 0 saturated carbocycles. The molecule has 0 aromatic heterocycles. The number of halogens is 1. The van der Waals surface area contributed by atoms with E-state index in [0.717, 1.165) is 30.2 Å². The third-order valence-corrected chi connectivity index (χ3v) is 4.25. The van der Waals surface area contributed by atoms with Gasteiger partial charge < -0.3 is 31.9 Å². The lowest BCUT2D eigenvalue weighted by Gasteiger charge is -2.25. The van der Waals surface area contributed by atoms with E-state index < -0.39 is 0 Å². The Hall–Kier alpha value is -1.91. The predicted molar refractivity (Wildman–Crippen MR) is 84.9 cm³/mol. The van der Waals surface area contributed by atoms with Gasteiger partial charge in [0.2, 0.25) is 0 Å². The summed E-state index contributed by atoms with van der Waals surface area (Å²) in [4.78, 5) is 0. The zero-order chi connectivity index (χ0) is 15.5. The molecule has 0 aliphatic carbocycles. The fraction of sp³-hybridized carbons (Fsp3) is 0.333. The maximum atomic E-state index is 5.47. The predicted octanol–water partition coefficient (Wildman–Crippen LogP) is -1.07. The Morgan fingerprint density at radius 3 is 2.39 bits per heavy atom. The molecule has 1 heterocycles. The van der Waals surface area contributed by atoms with Crippen LogP contribution in [0.15, 0.2) is 36.4 Å². The molecule has 2 N–H and O–H groups in total. The first-order valence-corrected chi connectivity index (χ1v) is 7.49. The van der Waals surface area contributed by atoms with Crippen LogP contribution >= 0.6 is 0 Å². The number of fused-ring (bicyclic) bond motifs is 1. The van der Waals surface area contributed by atoms with Crippen LogP contribution in [0, 0.1) is 0 Å². The van der Waals surface area contributed by atoms with Crippen LogP contribution in [-0.4, -0.2) is 27.9 Å². The van der Waals surface area contributed by atoms with Crippen molar-refractivity contribution in [2.24, 2.45) is 0 Å². The van der Waals surface area contributed by atoms with Gasteiger partial charge in [-0.1, -0.05) is 12.1 Å². The van der Waals surface area contributed by atoms with Gasteiger partial charge in [-0.2, -0.15) is 0 Å². The van der Waals surface area contributed by atoms with Gasteiger partial charge >= 0.3 is 0 Å². The van der Waals surface area contributed by atoms with Gasteiger partial charge in [0.25, 0.3) is 0 Å². The molecule has 2 aromatic carbocycles. The van der Waals surface area contributed by atoms with Crippen LogP contribution in [0.1, 0.15) is 22.7 Å². The van der Waals surface area contributed by atoms with Crippen molar-refractivity contribution in [3.8, 4) is 17.2 Å². The van der Waals surface area contributed by atoms with Crippen LogP contribution < -0.4 is 31.9 Å². The fourth-order valence-electron chi connectivity index (χ4n) is 3.13. The van der Waals surface area contributed by atoms with Gasteiger partial charge in [0, 0.05) is 17.5 Å². The number of nitrogens with two attached hydrogens (primary N) is 1. The van der Waals surface area contributed by atoms with Crippen LogP contribution in [0.4, 0.5) is 0 Å². The summed E-state index contributed by atoms with van der Waals surface area (Å²) in [5, 5.41) is 2.36. The molecule has 0 bridgehead atoms. The molecule has 1 aliphatic heterocycles. The largest absolute Gasteiger partial charge is 1.00 e. The van der Waals surface area contributed by atoms with Crippen molar-refractivity contribution in [1.82, 2.24) is 0 Å². The lowest BCUT2D eigenvalue weighted by atomic mass is 9.89. The molecule has 0 radical (unpaired) electrons. The standard InChI is InChI=1S/C18H21NO3.ClH/c1-20-14-6-4-5-13(9-14)18-15-11-17(22-3)16(21-2)10-12(15)7-8-19-18;/h4-6,9-11,18-19H,7-8H2,1-3H3;1H. The number of ether oxygens (including phenoxy) is 3. The van der Waals surface area contributed by atoms with Gasteiger partial charge in [0.15, 0.2) is 11.5 Å². The lowest BCUT2D eigenvalue weighted by Crippen LogP contribution is -3.00. The molecular weight excluding hydrogens is 314 g/mol. The molecular formula is C18H22ClNO3. The minimum absolute atomic E-state index is 0. The summed E-state index contributed by atoms with van der Waals surface area (Å²) in [7, 11) is 5.06. The Morgan fingerprint density at radius 2 is 1.70 bits per heavy atom. The smallest absolute Gasteiger partial charge is 0.161 e. The van der Waals surface area contributed by atoms with Crippen LogP contribution in [0.25, 0.3) is 0 Å². The Morgan fingerprint density at radius 1 is 0.957 bits per heavy atom. The summed E-state index contributed by atoms with van der Waals surface area (Å²) < 4.78 is 16.2. The van der Waals surface area contributed by atoms with Crippen molar-refractivity contribution in [2.75, 3.05) is 27.9 Å². The van der Waals surface area contributed by atoms with Crippen molar-refractivity contribution < 1.29 is 31.9 Å². The first-order chi connectivity index (χ1) is 10.8. The molecule has 0 fully saturated rings. The summed E-state index contributed by atoms with van der Waals surface area (Å²) in [6, 6.07) is 12.7. The minimum Gasteiger partial charge on any atom is -1.00 e. The van der Waals surface area contributed by atoms with E-state index in [1.54, 1.807) is 21.3 Å². The van der Waals surface area contributed by atoms with Crippen LogP contribution in [0.3, 0.4) is 0 Å². The van der Waals surface area contributed by atoms with E-state index >= 15 is 0 Å². The summed E-state index contributed by atoms with van der Waals surface area (Å²) in [5.74, 6) is 2.47. The second-order valence-electron chi connectivity index (χ2n) is 5.43. The van der Waals surface area contributed by atoms with Crippen LogP contribution in [0.5, 0.6) is 17.2 Å². The maximum absolute atomic E-state index is 5.47. The molecule has 0 spiro atoms. The molecule has 4 nitrogen and oxygen atoms in total. The van der Waals surface area contributed by atoms with Crippen LogP contribution in [0.2, 0.25) is 0 Å². The fourth-order valence-corrected chi connectivity index (χ4v) is 3.13. The van der Waals surface area contributed by atoms with E-state index in [1.165, 1.54) is 16.7 Å². The quantitative estimate of drug-likeness (QED) is 0.773. The SMILES string of the molecule is COc1cccc(C2[NH2+]CCc3cc(OC)c(OC)cc32)c1.[Cl-]. The Balaban J connectivity index is 0.00000192. The molecule has 2 aromatic rings. The second kappa shape index (κ2) is 7.57. The van der Waals surface area contributed by atoms with Gasteiger partial charge in [0.1, 0.15) is 11.8 Å². The lowest BCUT2D eigenvalue weighted by molar-refractivity contribution is -0.690. The van der Waals surface area contributed by atoms with Gasteiger partial charge in [-0.05, 0) is 29.8 Å². The third-order valence-electron chi connectivity index (χ3n) is 4.25. The molecule has 5 heteroatoms. The summed E-state index contributed by atoms with van der Waals surface area (Å²) in [5.41, 5.74) is 3.86. The maximum Gasteiger partial charge on any atom is 0.161 e. The number of quaternary nitrogens is 1. The third kappa shape index (κ3) is 3.38. The average molecular weight is 336 g/mol. The van der Waals surface area contributed by atoms with E-state index in [-0.39, 0.29) is 18.4 Å². The summed E-state index contributed by atoms with van der Waals surface area (Å²) >= 11 is 0. The van der Waals surface area contributed by atoms with Crippen molar-refractivity contribution in [3.63, 3.8) is 0 Å². The van der Waals surface area contributed by atoms with E-state index in [4.69, 9.17) is 14.2 Å².